The highest BCUT2D eigenvalue weighted by molar-refractivity contribution is 4.97. The van der Waals surface area contributed by atoms with E-state index >= 15 is 0 Å². The summed E-state index contributed by atoms with van der Waals surface area (Å²) >= 11 is 0. The number of aryl methyl sites for hydroxylation is 2. The zero-order chi connectivity index (χ0) is 15.2. The fraction of sp³-hybridized carbons (Fsp3) is 0.750. The third-order valence-corrected chi connectivity index (χ3v) is 4.32. The minimum Gasteiger partial charge on any atom is -1.00 e. The summed E-state index contributed by atoms with van der Waals surface area (Å²) < 4.78 is 2.48. The summed E-state index contributed by atoms with van der Waals surface area (Å²) in [5, 5.41) is 0. The molecule has 0 atom stereocenters. The molecule has 1 nitrogen and oxygen atoms in total. The molecule has 0 N–H and O–H groups in total. The molecule has 1 aromatic heterocycles. The number of unbranched alkanes of at least 4 members (excludes halogenated alkanes) is 9. The Kier molecular flexibility index (Phi) is 15.3. The van der Waals surface area contributed by atoms with Crippen LogP contribution in [0.2, 0.25) is 0 Å². The lowest BCUT2D eigenvalue weighted by molar-refractivity contribution is -0.704. The largest absolute Gasteiger partial charge is 1.00 e. The van der Waals surface area contributed by atoms with Crippen molar-refractivity contribution in [1.82, 2.24) is 0 Å². The third-order valence-electron chi connectivity index (χ3n) is 4.32. The molecule has 1 heterocycles. The lowest BCUT2D eigenvalue weighted by Crippen LogP contribution is -3.00. The van der Waals surface area contributed by atoms with Crippen molar-refractivity contribution in [3.8, 4) is 0 Å². The van der Waals surface area contributed by atoms with Gasteiger partial charge in [-0.1, -0.05) is 71.3 Å². The summed E-state index contributed by atoms with van der Waals surface area (Å²) in [5.74, 6) is 0. The Balaban J connectivity index is 0.00000441. The molecular formula is C20H36BrN. The minimum absolute atomic E-state index is 0. The summed E-state index contributed by atoms with van der Waals surface area (Å²) in [7, 11) is 0. The summed E-state index contributed by atoms with van der Waals surface area (Å²) in [6.07, 6.45) is 18.7. The zero-order valence-corrected chi connectivity index (χ0v) is 16.4. The third kappa shape index (κ3) is 10.4. The van der Waals surface area contributed by atoms with Gasteiger partial charge >= 0.3 is 0 Å². The molecular weight excluding hydrogens is 334 g/mol. The second kappa shape index (κ2) is 15.5. The van der Waals surface area contributed by atoms with Crippen molar-refractivity contribution in [1.29, 1.82) is 0 Å². The van der Waals surface area contributed by atoms with Crippen LogP contribution in [0, 0.1) is 0 Å². The molecule has 0 saturated carbocycles. The molecule has 1 rings (SSSR count). The first-order valence-electron chi connectivity index (χ1n) is 9.35. The number of pyridine rings is 1. The van der Waals surface area contributed by atoms with Gasteiger partial charge in [0.05, 0.1) is 0 Å². The Morgan fingerprint density at radius 2 is 1.32 bits per heavy atom. The molecule has 0 radical (unpaired) electrons. The van der Waals surface area contributed by atoms with E-state index in [9.17, 15) is 0 Å². The molecule has 0 bridgehead atoms. The number of aromatic nitrogens is 1. The van der Waals surface area contributed by atoms with Gasteiger partial charge in [0, 0.05) is 25.0 Å². The van der Waals surface area contributed by atoms with Crippen LogP contribution in [0.3, 0.4) is 0 Å². The summed E-state index contributed by atoms with van der Waals surface area (Å²) in [6.45, 7) is 5.77. The van der Waals surface area contributed by atoms with Gasteiger partial charge in [-0.3, -0.25) is 0 Å². The predicted molar refractivity (Wildman–Crippen MR) is 92.5 cm³/mol. The van der Waals surface area contributed by atoms with E-state index in [0.29, 0.717) is 0 Å². The van der Waals surface area contributed by atoms with Crippen LogP contribution in [0.15, 0.2) is 24.4 Å². The van der Waals surface area contributed by atoms with Crippen molar-refractivity contribution in [2.24, 2.45) is 0 Å². The van der Waals surface area contributed by atoms with E-state index in [1.54, 1.807) is 0 Å². The van der Waals surface area contributed by atoms with E-state index in [1.165, 1.54) is 89.3 Å². The number of hydrogen-bond donors (Lipinski definition) is 0. The average Bonchev–Trinajstić information content (AvgIpc) is 2.51. The van der Waals surface area contributed by atoms with E-state index in [4.69, 9.17) is 0 Å². The summed E-state index contributed by atoms with van der Waals surface area (Å²) in [4.78, 5) is 0. The Morgan fingerprint density at radius 1 is 0.727 bits per heavy atom. The zero-order valence-electron chi connectivity index (χ0n) is 14.8. The maximum atomic E-state index is 2.48. The molecule has 0 fully saturated rings. The fourth-order valence-corrected chi connectivity index (χ4v) is 2.93. The van der Waals surface area contributed by atoms with E-state index in [1.807, 2.05) is 0 Å². The maximum absolute atomic E-state index is 2.48. The van der Waals surface area contributed by atoms with Gasteiger partial charge < -0.3 is 17.0 Å². The van der Waals surface area contributed by atoms with Gasteiger partial charge in [0.15, 0.2) is 11.9 Å². The molecule has 0 saturated heterocycles. The van der Waals surface area contributed by atoms with Crippen LogP contribution < -0.4 is 21.5 Å². The van der Waals surface area contributed by atoms with E-state index in [-0.39, 0.29) is 17.0 Å². The monoisotopic (exact) mass is 369 g/mol. The van der Waals surface area contributed by atoms with Crippen LogP contribution in [0.1, 0.15) is 90.2 Å². The number of rotatable bonds is 13. The maximum Gasteiger partial charge on any atom is 0.181 e. The Labute approximate surface area is 149 Å². The van der Waals surface area contributed by atoms with Gasteiger partial charge in [0.1, 0.15) is 6.54 Å². The highest BCUT2D eigenvalue weighted by Gasteiger charge is 2.08. The molecule has 0 aliphatic carbocycles. The van der Waals surface area contributed by atoms with Crippen LogP contribution >= 0.6 is 0 Å². The standard InChI is InChI=1S/C20H36N.BrH/c1-3-5-7-8-9-10-11-14-18-21-19-15-13-17-20(21)16-12-6-4-2;/h13,15,17,19H,3-12,14,16,18H2,1-2H3;1H/q+1;/p-1. The normalized spacial score (nSPS) is 10.5. The molecule has 0 aliphatic rings. The number of nitrogens with zero attached hydrogens (tertiary/aromatic N) is 1. The lowest BCUT2D eigenvalue weighted by atomic mass is 10.1. The van der Waals surface area contributed by atoms with Crippen LogP contribution in [-0.2, 0) is 13.0 Å². The van der Waals surface area contributed by atoms with Crippen molar-refractivity contribution in [2.45, 2.75) is 97.4 Å². The first-order chi connectivity index (χ1) is 10.4. The van der Waals surface area contributed by atoms with Crippen molar-refractivity contribution in [2.75, 3.05) is 0 Å². The topological polar surface area (TPSA) is 3.88 Å². The quantitative estimate of drug-likeness (QED) is 0.371. The molecule has 0 spiro atoms. The van der Waals surface area contributed by atoms with Crippen molar-refractivity contribution in [3.63, 3.8) is 0 Å². The second-order valence-electron chi connectivity index (χ2n) is 6.32. The van der Waals surface area contributed by atoms with E-state index in [2.05, 4.69) is 42.8 Å². The van der Waals surface area contributed by atoms with E-state index in [0.717, 1.165) is 0 Å². The lowest BCUT2D eigenvalue weighted by Gasteiger charge is -2.04. The molecule has 0 aliphatic heterocycles. The highest BCUT2D eigenvalue weighted by Crippen LogP contribution is 2.09. The fourth-order valence-electron chi connectivity index (χ4n) is 2.93. The van der Waals surface area contributed by atoms with Gasteiger partial charge in [-0.05, 0) is 12.8 Å². The first-order valence-corrected chi connectivity index (χ1v) is 9.35. The molecule has 0 aromatic carbocycles. The molecule has 0 unspecified atom stereocenters. The Bertz CT molecular complexity index is 351. The summed E-state index contributed by atoms with van der Waals surface area (Å²) in [5.41, 5.74) is 1.52. The van der Waals surface area contributed by atoms with Gasteiger partial charge in [-0.25, -0.2) is 4.57 Å². The second-order valence-corrected chi connectivity index (χ2v) is 6.32. The van der Waals surface area contributed by atoms with Crippen LogP contribution in [-0.4, -0.2) is 0 Å². The molecule has 1 aromatic rings. The van der Waals surface area contributed by atoms with Gasteiger partial charge in [-0.2, -0.15) is 0 Å². The molecule has 22 heavy (non-hydrogen) atoms. The molecule has 128 valence electrons. The predicted octanol–water partition coefficient (Wildman–Crippen LogP) is 2.85. The van der Waals surface area contributed by atoms with Crippen LogP contribution in [0.25, 0.3) is 0 Å². The van der Waals surface area contributed by atoms with E-state index < -0.39 is 0 Å². The number of halogens is 1. The van der Waals surface area contributed by atoms with Gasteiger partial charge in [0.2, 0.25) is 0 Å². The van der Waals surface area contributed by atoms with Gasteiger partial charge in [0.25, 0.3) is 0 Å². The first kappa shape index (κ1) is 21.6. The van der Waals surface area contributed by atoms with Gasteiger partial charge in [-0.15, -0.1) is 0 Å². The van der Waals surface area contributed by atoms with Crippen molar-refractivity contribution < 1.29 is 21.5 Å². The SMILES string of the molecule is CCCCCCCCCC[n+]1ccccc1CCCCC.[Br-]. The molecule has 0 amide bonds. The summed E-state index contributed by atoms with van der Waals surface area (Å²) in [6, 6.07) is 6.67. The minimum atomic E-state index is 0. The van der Waals surface area contributed by atoms with Crippen molar-refractivity contribution >= 4 is 0 Å². The van der Waals surface area contributed by atoms with Crippen molar-refractivity contribution in [3.05, 3.63) is 30.1 Å². The highest BCUT2D eigenvalue weighted by atomic mass is 79.9. The molecule has 2 heteroatoms. The Morgan fingerprint density at radius 3 is 2.00 bits per heavy atom. The Hall–Kier alpha value is -0.370. The number of hydrogen-bond acceptors (Lipinski definition) is 0. The average molecular weight is 370 g/mol. The van der Waals surface area contributed by atoms with Crippen LogP contribution in [0.5, 0.6) is 0 Å². The smallest absolute Gasteiger partial charge is 0.181 e. The van der Waals surface area contributed by atoms with Crippen LogP contribution in [0.4, 0.5) is 0 Å².